The molecule has 0 aromatic rings. The van der Waals surface area contributed by atoms with Gasteiger partial charge in [0, 0.05) is 0 Å². The normalized spacial score (nSPS) is 9.78. The molecular formula is C6H12F2O. The van der Waals surface area contributed by atoms with E-state index in [1.54, 1.807) is 0 Å². The van der Waals surface area contributed by atoms with Gasteiger partial charge in [-0.05, 0) is 6.92 Å². The first kappa shape index (κ1) is 11.4. The van der Waals surface area contributed by atoms with Crippen LogP contribution in [0.1, 0.15) is 6.92 Å². The Balaban J connectivity index is 0. The first-order valence-corrected chi connectivity index (χ1v) is 2.47. The quantitative estimate of drug-likeness (QED) is 0.573. The Morgan fingerprint density at radius 3 is 1.56 bits per heavy atom. The number of hydrogen-bond donors (Lipinski definition) is 1. The van der Waals surface area contributed by atoms with E-state index >= 15 is 0 Å². The van der Waals surface area contributed by atoms with Gasteiger partial charge in [0.05, 0.1) is 0 Å². The molecule has 0 saturated heterocycles. The minimum atomic E-state index is -1.75. The molecule has 0 aromatic heterocycles. The summed E-state index contributed by atoms with van der Waals surface area (Å²) < 4.78 is 22.6. The van der Waals surface area contributed by atoms with Crippen molar-refractivity contribution < 1.29 is 13.9 Å². The van der Waals surface area contributed by atoms with Crippen LogP contribution in [0.5, 0.6) is 0 Å². The Labute approximate surface area is 54.0 Å². The average molecular weight is 138 g/mol. The van der Waals surface area contributed by atoms with Crippen LogP contribution in [0.4, 0.5) is 8.78 Å². The van der Waals surface area contributed by atoms with Crippen molar-refractivity contribution in [2.75, 3.05) is 13.3 Å². The Morgan fingerprint density at radius 2 is 1.56 bits per heavy atom. The minimum Gasteiger partial charge on any atom is -0.385 e. The SMILES string of the molecule is C=C.CC(O)(CF)CF. The van der Waals surface area contributed by atoms with Gasteiger partial charge in [-0.2, -0.15) is 0 Å². The topological polar surface area (TPSA) is 20.2 Å². The average Bonchev–Trinajstić information content (AvgIpc) is 1.93. The lowest BCUT2D eigenvalue weighted by atomic mass is 10.2. The Hall–Kier alpha value is -0.440. The molecule has 3 heteroatoms. The number of halogens is 2. The third kappa shape index (κ3) is 7.56. The third-order valence-corrected chi connectivity index (χ3v) is 0.576. The highest BCUT2D eigenvalue weighted by atomic mass is 19.1. The Bertz CT molecular complexity index is 58.1. The second kappa shape index (κ2) is 5.69. The third-order valence-electron chi connectivity index (χ3n) is 0.576. The molecule has 9 heavy (non-hydrogen) atoms. The van der Waals surface area contributed by atoms with Crippen LogP contribution in [-0.4, -0.2) is 24.1 Å². The first-order chi connectivity index (χ1) is 4.12. The monoisotopic (exact) mass is 138 g/mol. The van der Waals surface area contributed by atoms with E-state index in [1.165, 1.54) is 0 Å². The maximum Gasteiger partial charge on any atom is 0.120 e. The van der Waals surface area contributed by atoms with Gasteiger partial charge in [0.1, 0.15) is 19.0 Å². The van der Waals surface area contributed by atoms with Crippen LogP contribution in [0.15, 0.2) is 13.2 Å². The van der Waals surface area contributed by atoms with Gasteiger partial charge in [-0.25, -0.2) is 8.78 Å². The van der Waals surface area contributed by atoms with Crippen LogP contribution < -0.4 is 0 Å². The summed E-state index contributed by atoms with van der Waals surface area (Å²) in [6.07, 6.45) is 0. The molecule has 1 N–H and O–H groups in total. The molecule has 0 amide bonds. The summed E-state index contributed by atoms with van der Waals surface area (Å²) in [5, 5.41) is 8.38. The zero-order valence-corrected chi connectivity index (χ0v) is 5.53. The van der Waals surface area contributed by atoms with Crippen LogP contribution in [-0.2, 0) is 0 Å². The fraction of sp³-hybridized carbons (Fsp3) is 0.667. The number of hydrogen-bond acceptors (Lipinski definition) is 1. The standard InChI is InChI=1S/C4H8F2O.C2H4/c1-4(7,2-5)3-6;1-2/h7H,2-3H2,1H3;1-2H2. The van der Waals surface area contributed by atoms with Crippen LogP contribution in [0.2, 0.25) is 0 Å². The van der Waals surface area contributed by atoms with E-state index in [2.05, 4.69) is 13.2 Å². The van der Waals surface area contributed by atoms with Crippen LogP contribution in [0.25, 0.3) is 0 Å². The molecule has 0 saturated carbocycles. The molecular weight excluding hydrogens is 126 g/mol. The molecule has 0 atom stereocenters. The molecule has 0 aliphatic carbocycles. The molecule has 0 aromatic carbocycles. The van der Waals surface area contributed by atoms with Crippen molar-refractivity contribution in [1.29, 1.82) is 0 Å². The van der Waals surface area contributed by atoms with Gasteiger partial charge in [0.2, 0.25) is 0 Å². The van der Waals surface area contributed by atoms with E-state index in [9.17, 15) is 8.78 Å². The summed E-state index contributed by atoms with van der Waals surface area (Å²) in [6.45, 7) is 5.06. The lowest BCUT2D eigenvalue weighted by Gasteiger charge is -2.11. The van der Waals surface area contributed by atoms with Gasteiger partial charge < -0.3 is 5.11 Å². The molecule has 0 radical (unpaired) electrons. The smallest absolute Gasteiger partial charge is 0.120 e. The van der Waals surface area contributed by atoms with Crippen molar-refractivity contribution in [3.8, 4) is 0 Å². The van der Waals surface area contributed by atoms with E-state index in [-0.39, 0.29) is 0 Å². The highest BCUT2D eigenvalue weighted by molar-refractivity contribution is 4.67. The molecule has 0 fully saturated rings. The zero-order chi connectivity index (χ0) is 7.91. The number of aliphatic hydroxyl groups is 1. The van der Waals surface area contributed by atoms with Crippen molar-refractivity contribution >= 4 is 0 Å². The largest absolute Gasteiger partial charge is 0.385 e. The van der Waals surface area contributed by atoms with Crippen molar-refractivity contribution in [1.82, 2.24) is 0 Å². The van der Waals surface area contributed by atoms with Gasteiger partial charge in [0.15, 0.2) is 0 Å². The summed E-state index contributed by atoms with van der Waals surface area (Å²) in [4.78, 5) is 0. The van der Waals surface area contributed by atoms with Gasteiger partial charge in [-0.15, -0.1) is 13.2 Å². The molecule has 0 aliphatic rings. The van der Waals surface area contributed by atoms with Gasteiger partial charge >= 0.3 is 0 Å². The fourth-order valence-corrected chi connectivity index (χ4v) is 0.0357. The van der Waals surface area contributed by atoms with Crippen molar-refractivity contribution in [3.63, 3.8) is 0 Å². The summed E-state index contributed by atoms with van der Waals surface area (Å²) in [5.74, 6) is 0. The van der Waals surface area contributed by atoms with Gasteiger partial charge in [0.25, 0.3) is 0 Å². The van der Waals surface area contributed by atoms with Crippen LogP contribution in [0, 0.1) is 0 Å². The second-order valence-electron chi connectivity index (χ2n) is 1.76. The second-order valence-corrected chi connectivity index (χ2v) is 1.76. The summed E-state index contributed by atoms with van der Waals surface area (Å²) in [7, 11) is 0. The van der Waals surface area contributed by atoms with Gasteiger partial charge in [-0.3, -0.25) is 0 Å². The first-order valence-electron chi connectivity index (χ1n) is 2.47. The zero-order valence-electron chi connectivity index (χ0n) is 5.53. The summed E-state index contributed by atoms with van der Waals surface area (Å²) in [5.41, 5.74) is -1.75. The predicted molar refractivity (Wildman–Crippen MR) is 33.8 cm³/mol. The van der Waals surface area contributed by atoms with E-state index in [4.69, 9.17) is 5.11 Å². The Kier molecular flexibility index (Phi) is 7.19. The molecule has 0 aliphatic heterocycles. The van der Waals surface area contributed by atoms with Gasteiger partial charge in [-0.1, -0.05) is 0 Å². The van der Waals surface area contributed by atoms with Crippen molar-refractivity contribution in [2.24, 2.45) is 0 Å². The fourth-order valence-electron chi connectivity index (χ4n) is 0.0357. The minimum absolute atomic E-state index is 1.02. The maximum absolute atomic E-state index is 11.3. The maximum atomic E-state index is 11.3. The van der Waals surface area contributed by atoms with Crippen LogP contribution >= 0.6 is 0 Å². The lowest BCUT2D eigenvalue weighted by molar-refractivity contribution is 0.0107. The lowest BCUT2D eigenvalue weighted by Crippen LogP contribution is -2.28. The molecule has 0 rings (SSSR count). The molecule has 0 heterocycles. The molecule has 0 spiro atoms. The number of rotatable bonds is 2. The highest BCUT2D eigenvalue weighted by Crippen LogP contribution is 2.02. The van der Waals surface area contributed by atoms with E-state index < -0.39 is 19.0 Å². The molecule has 0 bridgehead atoms. The molecule has 56 valence electrons. The molecule has 1 nitrogen and oxygen atoms in total. The van der Waals surface area contributed by atoms with Crippen molar-refractivity contribution in [3.05, 3.63) is 13.2 Å². The van der Waals surface area contributed by atoms with E-state index in [0.29, 0.717) is 0 Å². The predicted octanol–water partition coefficient (Wildman–Crippen LogP) is 1.48. The summed E-state index contributed by atoms with van der Waals surface area (Å²) in [6, 6.07) is 0. The highest BCUT2D eigenvalue weighted by Gasteiger charge is 2.18. The van der Waals surface area contributed by atoms with E-state index in [0.717, 1.165) is 6.92 Å². The number of alkyl halides is 2. The van der Waals surface area contributed by atoms with Crippen LogP contribution in [0.3, 0.4) is 0 Å². The summed E-state index contributed by atoms with van der Waals surface area (Å²) >= 11 is 0. The van der Waals surface area contributed by atoms with Crippen molar-refractivity contribution in [2.45, 2.75) is 12.5 Å². The van der Waals surface area contributed by atoms with E-state index in [1.807, 2.05) is 0 Å². The Morgan fingerprint density at radius 1 is 1.33 bits per heavy atom. The molecule has 0 unspecified atom stereocenters.